The van der Waals surface area contributed by atoms with Gasteiger partial charge >= 0.3 is 0 Å². The fourth-order valence-electron chi connectivity index (χ4n) is 3.20. The van der Waals surface area contributed by atoms with Gasteiger partial charge in [0.25, 0.3) is 0 Å². The lowest BCUT2D eigenvalue weighted by Crippen LogP contribution is -2.30. The smallest absolute Gasteiger partial charge is 0.207 e. The second kappa shape index (κ2) is 5.13. The minimum atomic E-state index is -3.38. The lowest BCUT2D eigenvalue weighted by atomic mass is 10.0. The van der Waals surface area contributed by atoms with Gasteiger partial charge in [-0.3, -0.25) is 0 Å². The minimum Gasteiger partial charge on any atom is -0.207 e. The summed E-state index contributed by atoms with van der Waals surface area (Å²) in [6.07, 6.45) is 3.61. The van der Waals surface area contributed by atoms with Gasteiger partial charge in [0, 0.05) is 22.0 Å². The van der Waals surface area contributed by atoms with Crippen LogP contribution in [-0.2, 0) is 10.0 Å². The first kappa shape index (κ1) is 14.0. The third-order valence-corrected chi connectivity index (χ3v) is 7.52. The number of halogens is 2. The molecule has 1 aliphatic heterocycles. The Kier molecular flexibility index (Phi) is 3.79. The first-order valence-corrected chi connectivity index (χ1v) is 9.46. The van der Waals surface area contributed by atoms with Gasteiger partial charge in [-0.15, -0.1) is 0 Å². The largest absolute Gasteiger partial charge is 0.244 e. The van der Waals surface area contributed by atoms with Crippen molar-refractivity contribution in [2.24, 2.45) is 11.8 Å². The van der Waals surface area contributed by atoms with Gasteiger partial charge in [-0.1, -0.05) is 22.4 Å². The van der Waals surface area contributed by atoms with E-state index in [0.29, 0.717) is 34.3 Å². The molecule has 19 heavy (non-hydrogen) atoms. The van der Waals surface area contributed by atoms with Crippen molar-refractivity contribution in [3.8, 4) is 0 Å². The van der Waals surface area contributed by atoms with Gasteiger partial charge in [-0.25, -0.2) is 8.42 Å². The summed E-state index contributed by atoms with van der Waals surface area (Å²) in [5.74, 6) is 1.14. The van der Waals surface area contributed by atoms with Crippen LogP contribution in [0.4, 0.5) is 0 Å². The molecule has 2 atom stereocenters. The number of benzene rings is 1. The minimum absolute atomic E-state index is 0.363. The van der Waals surface area contributed by atoms with E-state index in [4.69, 9.17) is 0 Å². The van der Waals surface area contributed by atoms with Crippen molar-refractivity contribution >= 4 is 41.9 Å². The summed E-state index contributed by atoms with van der Waals surface area (Å²) in [6, 6.07) is 5.28. The third kappa shape index (κ3) is 2.52. The molecule has 1 saturated heterocycles. The Bertz CT molecular complexity index is 591. The third-order valence-electron chi connectivity index (χ3n) is 4.20. The van der Waals surface area contributed by atoms with Crippen molar-refractivity contribution in [3.63, 3.8) is 0 Å². The zero-order valence-corrected chi connectivity index (χ0v) is 14.3. The molecule has 1 aromatic carbocycles. The van der Waals surface area contributed by atoms with Crippen LogP contribution in [0.5, 0.6) is 0 Å². The first-order valence-electron chi connectivity index (χ1n) is 6.43. The topological polar surface area (TPSA) is 37.4 Å². The van der Waals surface area contributed by atoms with Crippen molar-refractivity contribution < 1.29 is 8.42 Å². The molecule has 6 heteroatoms. The number of nitrogens with zero attached hydrogens (tertiary/aromatic N) is 1. The van der Waals surface area contributed by atoms with Crippen LogP contribution in [-0.4, -0.2) is 25.8 Å². The highest BCUT2D eigenvalue weighted by Crippen LogP contribution is 2.40. The molecule has 1 aromatic rings. The highest BCUT2D eigenvalue weighted by atomic mass is 79.9. The molecular weight excluding hydrogens is 394 g/mol. The standard InChI is InChI=1S/C13H15Br2NO2S/c14-11-4-5-12(15)13(6-11)19(17,18)16-7-9-2-1-3-10(9)8-16/h4-6,9-10H,1-3,7-8H2. The van der Waals surface area contributed by atoms with Crippen molar-refractivity contribution in [1.29, 1.82) is 0 Å². The van der Waals surface area contributed by atoms with Crippen LogP contribution in [0, 0.1) is 11.8 Å². The van der Waals surface area contributed by atoms with E-state index in [1.54, 1.807) is 16.4 Å². The fraction of sp³-hybridized carbons (Fsp3) is 0.538. The van der Waals surface area contributed by atoms with Crippen molar-refractivity contribution in [3.05, 3.63) is 27.1 Å². The van der Waals surface area contributed by atoms with E-state index >= 15 is 0 Å². The number of rotatable bonds is 2. The zero-order valence-electron chi connectivity index (χ0n) is 10.4. The molecule has 0 spiro atoms. The molecule has 104 valence electrons. The van der Waals surface area contributed by atoms with E-state index in [0.717, 1.165) is 4.47 Å². The van der Waals surface area contributed by atoms with Crippen molar-refractivity contribution in [2.45, 2.75) is 24.2 Å². The second-order valence-electron chi connectivity index (χ2n) is 5.35. The van der Waals surface area contributed by atoms with Gasteiger partial charge in [0.2, 0.25) is 10.0 Å². The van der Waals surface area contributed by atoms with Crippen LogP contribution in [0.1, 0.15) is 19.3 Å². The molecule has 0 N–H and O–H groups in total. The molecule has 0 amide bonds. The number of hydrogen-bond acceptors (Lipinski definition) is 2. The van der Waals surface area contributed by atoms with Gasteiger partial charge in [0.15, 0.2) is 0 Å². The molecule has 1 heterocycles. The van der Waals surface area contributed by atoms with E-state index in [1.165, 1.54) is 19.3 Å². The molecule has 2 aliphatic rings. The highest BCUT2D eigenvalue weighted by Gasteiger charge is 2.41. The lowest BCUT2D eigenvalue weighted by molar-refractivity contribution is 0.445. The molecule has 0 bridgehead atoms. The van der Waals surface area contributed by atoms with E-state index in [2.05, 4.69) is 31.9 Å². The summed E-state index contributed by atoms with van der Waals surface area (Å²) in [5.41, 5.74) is 0. The number of sulfonamides is 1. The second-order valence-corrected chi connectivity index (χ2v) is 9.02. The fourth-order valence-corrected chi connectivity index (χ4v) is 6.22. The lowest BCUT2D eigenvalue weighted by Gasteiger charge is -2.18. The summed E-state index contributed by atoms with van der Waals surface area (Å²) in [6.45, 7) is 1.37. The first-order chi connectivity index (χ1) is 8.98. The zero-order chi connectivity index (χ0) is 13.6. The monoisotopic (exact) mass is 407 g/mol. The van der Waals surface area contributed by atoms with Crippen LogP contribution in [0.25, 0.3) is 0 Å². The van der Waals surface area contributed by atoms with E-state index in [-0.39, 0.29) is 0 Å². The quantitative estimate of drug-likeness (QED) is 0.749. The van der Waals surface area contributed by atoms with Crippen LogP contribution >= 0.6 is 31.9 Å². The van der Waals surface area contributed by atoms with Crippen LogP contribution in [0.15, 0.2) is 32.0 Å². The maximum Gasteiger partial charge on any atom is 0.244 e. The molecule has 3 rings (SSSR count). The van der Waals surface area contributed by atoms with E-state index < -0.39 is 10.0 Å². The van der Waals surface area contributed by atoms with Gasteiger partial charge in [0.05, 0.1) is 4.90 Å². The summed E-state index contributed by atoms with van der Waals surface area (Å²) in [7, 11) is -3.38. The molecule has 0 radical (unpaired) electrons. The Balaban J connectivity index is 1.93. The normalized spacial score (nSPS) is 27.7. The maximum atomic E-state index is 12.7. The molecule has 2 fully saturated rings. The summed E-state index contributed by atoms with van der Waals surface area (Å²) in [5, 5.41) is 0. The van der Waals surface area contributed by atoms with Crippen LogP contribution in [0.3, 0.4) is 0 Å². The number of hydrogen-bond donors (Lipinski definition) is 0. The predicted octanol–water partition coefficient (Wildman–Crippen LogP) is 3.63. The van der Waals surface area contributed by atoms with Crippen molar-refractivity contribution in [1.82, 2.24) is 4.31 Å². The summed E-state index contributed by atoms with van der Waals surface area (Å²) < 4.78 is 28.5. The van der Waals surface area contributed by atoms with E-state index in [1.807, 2.05) is 6.07 Å². The van der Waals surface area contributed by atoms with E-state index in [9.17, 15) is 8.42 Å². The molecule has 1 aliphatic carbocycles. The maximum absolute atomic E-state index is 12.7. The average molecular weight is 409 g/mol. The highest BCUT2D eigenvalue weighted by molar-refractivity contribution is 9.11. The van der Waals surface area contributed by atoms with Gasteiger partial charge in [-0.05, 0) is 58.8 Å². The molecule has 3 nitrogen and oxygen atoms in total. The van der Waals surface area contributed by atoms with Gasteiger partial charge in [-0.2, -0.15) is 4.31 Å². The van der Waals surface area contributed by atoms with Gasteiger partial charge < -0.3 is 0 Å². The Morgan fingerprint density at radius 1 is 1.11 bits per heavy atom. The average Bonchev–Trinajstić information content (AvgIpc) is 2.92. The summed E-state index contributed by atoms with van der Waals surface area (Å²) >= 11 is 6.69. The number of fused-ring (bicyclic) bond motifs is 1. The van der Waals surface area contributed by atoms with Crippen molar-refractivity contribution in [2.75, 3.05) is 13.1 Å². The Morgan fingerprint density at radius 2 is 1.74 bits per heavy atom. The molecule has 0 aromatic heterocycles. The Labute approximate surface area is 130 Å². The van der Waals surface area contributed by atoms with Gasteiger partial charge in [0.1, 0.15) is 0 Å². The Hall–Kier alpha value is 0.0900. The molecular formula is C13H15Br2NO2S. The molecule has 1 saturated carbocycles. The Morgan fingerprint density at radius 3 is 2.37 bits per heavy atom. The SMILES string of the molecule is O=S(=O)(c1cc(Br)ccc1Br)N1CC2CCCC2C1. The molecule has 2 unspecified atom stereocenters. The van der Waals surface area contributed by atoms with Crippen LogP contribution < -0.4 is 0 Å². The predicted molar refractivity (Wildman–Crippen MR) is 81.4 cm³/mol. The van der Waals surface area contributed by atoms with Crippen LogP contribution in [0.2, 0.25) is 0 Å². The summed E-state index contributed by atoms with van der Waals surface area (Å²) in [4.78, 5) is 0.363.